The van der Waals surface area contributed by atoms with E-state index in [4.69, 9.17) is 0 Å². The minimum atomic E-state index is -4.30. The Kier molecular flexibility index (Phi) is 2.52. The van der Waals surface area contributed by atoms with Crippen LogP contribution >= 0.6 is 0 Å². The molecule has 2 rings (SSSR count). The predicted octanol–water partition coefficient (Wildman–Crippen LogP) is 1.89. The van der Waals surface area contributed by atoms with Crippen molar-refractivity contribution in [3.05, 3.63) is 0 Å². The third kappa shape index (κ3) is 3.28. The number of carbonyl (C=O) groups excluding carboxylic acids is 1. The van der Waals surface area contributed by atoms with Gasteiger partial charge in [-0.25, -0.2) is 4.79 Å². The van der Waals surface area contributed by atoms with Gasteiger partial charge >= 0.3 is 12.2 Å². The summed E-state index contributed by atoms with van der Waals surface area (Å²) in [6.45, 7) is -1.13. The smallest absolute Gasteiger partial charge is 0.335 e. The van der Waals surface area contributed by atoms with Gasteiger partial charge in [0.15, 0.2) is 0 Å². The van der Waals surface area contributed by atoms with Gasteiger partial charge in [-0.15, -0.1) is 0 Å². The zero-order valence-electron chi connectivity index (χ0n) is 8.18. The second-order valence-corrected chi connectivity index (χ2v) is 4.20. The van der Waals surface area contributed by atoms with E-state index in [-0.39, 0.29) is 12.1 Å². The molecule has 0 unspecified atom stereocenters. The average Bonchev–Trinajstić information content (AvgIpc) is 2.92. The van der Waals surface area contributed by atoms with E-state index in [9.17, 15) is 18.0 Å². The van der Waals surface area contributed by atoms with Crippen LogP contribution in [-0.2, 0) is 0 Å². The van der Waals surface area contributed by atoms with Crippen LogP contribution in [0.4, 0.5) is 18.0 Å². The van der Waals surface area contributed by atoms with Crippen molar-refractivity contribution in [2.75, 3.05) is 6.54 Å². The molecule has 0 aliphatic heterocycles. The fourth-order valence-electron chi connectivity index (χ4n) is 1.43. The zero-order valence-corrected chi connectivity index (χ0v) is 8.18. The molecule has 0 aromatic carbocycles. The van der Waals surface area contributed by atoms with Crippen LogP contribution in [0.15, 0.2) is 0 Å². The third-order valence-corrected chi connectivity index (χ3v) is 2.50. The van der Waals surface area contributed by atoms with E-state index < -0.39 is 18.8 Å². The number of nitrogens with zero attached hydrogens (tertiary/aromatic N) is 1. The van der Waals surface area contributed by atoms with Crippen molar-refractivity contribution in [3.8, 4) is 0 Å². The van der Waals surface area contributed by atoms with E-state index in [1.54, 1.807) is 0 Å². The van der Waals surface area contributed by atoms with Gasteiger partial charge in [0.25, 0.3) is 0 Å². The predicted molar refractivity (Wildman–Crippen MR) is 47.3 cm³/mol. The standard InChI is InChI=1S/C9H13F3N2O/c10-9(11,12)5-14(7-3-4-7)8(15)13-6-1-2-6/h6-7H,1-5H2,(H,13,15). The van der Waals surface area contributed by atoms with Crippen LogP contribution in [0, 0.1) is 0 Å². The first-order valence-electron chi connectivity index (χ1n) is 5.09. The lowest BCUT2D eigenvalue weighted by Gasteiger charge is -2.23. The van der Waals surface area contributed by atoms with Crippen LogP contribution < -0.4 is 5.32 Å². The first-order valence-corrected chi connectivity index (χ1v) is 5.09. The van der Waals surface area contributed by atoms with Gasteiger partial charge in [-0.1, -0.05) is 0 Å². The Morgan fingerprint density at radius 3 is 2.27 bits per heavy atom. The largest absolute Gasteiger partial charge is 0.406 e. The van der Waals surface area contributed by atoms with E-state index in [0.29, 0.717) is 12.8 Å². The van der Waals surface area contributed by atoms with Gasteiger partial charge in [0, 0.05) is 12.1 Å². The molecule has 2 aliphatic carbocycles. The van der Waals surface area contributed by atoms with Crippen LogP contribution in [0.2, 0.25) is 0 Å². The van der Waals surface area contributed by atoms with E-state index in [2.05, 4.69) is 5.32 Å². The normalized spacial score (nSPS) is 21.3. The molecule has 2 fully saturated rings. The van der Waals surface area contributed by atoms with E-state index >= 15 is 0 Å². The molecule has 1 N–H and O–H groups in total. The van der Waals surface area contributed by atoms with Gasteiger partial charge in [-0.05, 0) is 25.7 Å². The van der Waals surface area contributed by atoms with Crippen molar-refractivity contribution < 1.29 is 18.0 Å². The molecule has 6 heteroatoms. The highest BCUT2D eigenvalue weighted by Gasteiger charge is 2.41. The summed E-state index contributed by atoms with van der Waals surface area (Å²) in [4.78, 5) is 12.4. The summed E-state index contributed by atoms with van der Waals surface area (Å²) in [6.07, 6.45) is -1.15. The highest BCUT2D eigenvalue weighted by Crippen LogP contribution is 2.30. The van der Waals surface area contributed by atoms with Gasteiger partial charge in [0.05, 0.1) is 0 Å². The first kappa shape index (κ1) is 10.6. The first-order chi connectivity index (χ1) is 6.96. The van der Waals surface area contributed by atoms with E-state index in [0.717, 1.165) is 17.7 Å². The Hall–Kier alpha value is -0.940. The number of halogens is 3. The molecule has 0 aromatic rings. The molecule has 0 heterocycles. The summed E-state index contributed by atoms with van der Waals surface area (Å²) in [7, 11) is 0. The van der Waals surface area contributed by atoms with Crippen molar-refractivity contribution >= 4 is 6.03 Å². The molecule has 2 amide bonds. The van der Waals surface area contributed by atoms with Gasteiger partial charge < -0.3 is 10.2 Å². The zero-order chi connectivity index (χ0) is 11.1. The number of nitrogens with one attached hydrogen (secondary N) is 1. The third-order valence-electron chi connectivity index (χ3n) is 2.50. The molecule has 86 valence electrons. The summed E-state index contributed by atoms with van der Waals surface area (Å²) in [5, 5.41) is 2.58. The SMILES string of the molecule is O=C(NC1CC1)N(CC(F)(F)F)C1CC1. The lowest BCUT2D eigenvalue weighted by Crippen LogP contribution is -2.46. The van der Waals surface area contributed by atoms with Crippen LogP contribution in [0.5, 0.6) is 0 Å². The summed E-state index contributed by atoms with van der Waals surface area (Å²) in [5.41, 5.74) is 0. The maximum absolute atomic E-state index is 12.2. The molecule has 15 heavy (non-hydrogen) atoms. The highest BCUT2D eigenvalue weighted by molar-refractivity contribution is 5.75. The maximum atomic E-state index is 12.2. The van der Waals surface area contributed by atoms with Crippen molar-refractivity contribution in [3.63, 3.8) is 0 Å². The van der Waals surface area contributed by atoms with Gasteiger partial charge in [0.1, 0.15) is 6.54 Å². The summed E-state index contributed by atoms with van der Waals surface area (Å²) in [5.74, 6) is 0. The van der Waals surface area contributed by atoms with Gasteiger partial charge in [0.2, 0.25) is 0 Å². The molecule has 0 spiro atoms. The quantitative estimate of drug-likeness (QED) is 0.777. The second kappa shape index (κ2) is 3.57. The lowest BCUT2D eigenvalue weighted by molar-refractivity contribution is -0.141. The molecular formula is C9H13F3N2O. The lowest BCUT2D eigenvalue weighted by atomic mass is 10.4. The minimum Gasteiger partial charge on any atom is -0.335 e. The summed E-state index contributed by atoms with van der Waals surface area (Å²) < 4.78 is 36.6. The monoisotopic (exact) mass is 222 g/mol. The van der Waals surface area contributed by atoms with Crippen molar-refractivity contribution in [2.45, 2.75) is 43.9 Å². The Bertz CT molecular complexity index is 259. The Balaban J connectivity index is 1.89. The fourth-order valence-corrected chi connectivity index (χ4v) is 1.43. The van der Waals surface area contributed by atoms with Gasteiger partial charge in [-0.3, -0.25) is 0 Å². The second-order valence-electron chi connectivity index (χ2n) is 4.20. The van der Waals surface area contributed by atoms with E-state index in [1.165, 1.54) is 0 Å². The maximum Gasteiger partial charge on any atom is 0.406 e. The number of rotatable bonds is 3. The van der Waals surface area contributed by atoms with Crippen LogP contribution in [0.25, 0.3) is 0 Å². The average molecular weight is 222 g/mol. The topological polar surface area (TPSA) is 32.3 Å². The van der Waals surface area contributed by atoms with Crippen LogP contribution in [0.3, 0.4) is 0 Å². The Morgan fingerprint density at radius 1 is 1.27 bits per heavy atom. The molecule has 0 atom stereocenters. The fraction of sp³-hybridized carbons (Fsp3) is 0.889. The molecule has 2 saturated carbocycles. The number of amides is 2. The number of urea groups is 1. The molecule has 0 aromatic heterocycles. The number of hydrogen-bond acceptors (Lipinski definition) is 1. The minimum absolute atomic E-state index is 0.104. The number of alkyl halides is 3. The van der Waals surface area contributed by atoms with Gasteiger partial charge in [-0.2, -0.15) is 13.2 Å². The van der Waals surface area contributed by atoms with Crippen LogP contribution in [-0.4, -0.2) is 35.7 Å². The summed E-state index contributed by atoms with van der Waals surface area (Å²) >= 11 is 0. The van der Waals surface area contributed by atoms with E-state index in [1.807, 2.05) is 0 Å². The van der Waals surface area contributed by atoms with Crippen molar-refractivity contribution in [1.29, 1.82) is 0 Å². The molecule has 2 aliphatic rings. The molecule has 3 nitrogen and oxygen atoms in total. The summed E-state index contributed by atoms with van der Waals surface area (Å²) in [6, 6.07) is -0.658. The molecule has 0 bridgehead atoms. The number of carbonyl (C=O) groups is 1. The number of hydrogen-bond donors (Lipinski definition) is 1. The Morgan fingerprint density at radius 2 is 1.87 bits per heavy atom. The molecule has 0 saturated heterocycles. The highest BCUT2D eigenvalue weighted by atomic mass is 19.4. The van der Waals surface area contributed by atoms with Crippen LogP contribution in [0.1, 0.15) is 25.7 Å². The van der Waals surface area contributed by atoms with Crippen molar-refractivity contribution in [1.82, 2.24) is 10.2 Å². The van der Waals surface area contributed by atoms with Crippen molar-refractivity contribution in [2.24, 2.45) is 0 Å². The molecular weight excluding hydrogens is 209 g/mol. The molecule has 0 radical (unpaired) electrons. The Labute approximate surface area is 85.6 Å².